The Morgan fingerprint density at radius 2 is 2.35 bits per heavy atom. The van der Waals surface area contributed by atoms with Crippen molar-refractivity contribution in [3.63, 3.8) is 0 Å². The fraction of sp³-hybridized carbons (Fsp3) is 0.273. The van der Waals surface area contributed by atoms with Gasteiger partial charge in [-0.05, 0) is 17.7 Å². The van der Waals surface area contributed by atoms with E-state index in [-0.39, 0.29) is 19.0 Å². The van der Waals surface area contributed by atoms with Crippen LogP contribution >= 0.6 is 15.9 Å². The SMILES string of the molecule is N#CN(Cc1cccc(Br)c1)C(=N)NCCF. The molecule has 1 aromatic carbocycles. The third-order valence-corrected chi connectivity index (χ3v) is 2.50. The van der Waals surface area contributed by atoms with Gasteiger partial charge in [0, 0.05) is 11.0 Å². The zero-order valence-electron chi connectivity index (χ0n) is 9.08. The van der Waals surface area contributed by atoms with E-state index in [4.69, 9.17) is 10.7 Å². The number of alkyl halides is 1. The Bertz CT molecular complexity index is 430. The van der Waals surface area contributed by atoms with E-state index in [2.05, 4.69) is 21.2 Å². The molecular weight excluding hydrogens is 287 g/mol. The van der Waals surface area contributed by atoms with Crippen molar-refractivity contribution in [3.05, 3.63) is 34.3 Å². The first-order valence-electron chi connectivity index (χ1n) is 4.97. The quantitative estimate of drug-likeness (QED) is 0.388. The Morgan fingerprint density at radius 3 is 2.94 bits per heavy atom. The molecule has 2 N–H and O–H groups in total. The van der Waals surface area contributed by atoms with Gasteiger partial charge in [0.1, 0.15) is 6.67 Å². The Morgan fingerprint density at radius 1 is 1.59 bits per heavy atom. The van der Waals surface area contributed by atoms with E-state index in [1.807, 2.05) is 30.5 Å². The Labute approximate surface area is 108 Å². The summed E-state index contributed by atoms with van der Waals surface area (Å²) in [6, 6.07) is 7.46. The maximum absolute atomic E-state index is 11.9. The fourth-order valence-corrected chi connectivity index (χ4v) is 1.69. The van der Waals surface area contributed by atoms with Crippen molar-refractivity contribution in [2.75, 3.05) is 13.2 Å². The molecule has 0 radical (unpaired) electrons. The van der Waals surface area contributed by atoms with Crippen LogP contribution in [0.3, 0.4) is 0 Å². The third kappa shape index (κ3) is 4.41. The summed E-state index contributed by atoms with van der Waals surface area (Å²) in [6.07, 6.45) is 1.89. The number of benzene rings is 1. The minimum absolute atomic E-state index is 0.0372. The second-order valence-electron chi connectivity index (χ2n) is 3.28. The van der Waals surface area contributed by atoms with Crippen molar-refractivity contribution in [2.45, 2.75) is 6.54 Å². The van der Waals surface area contributed by atoms with Crippen LogP contribution < -0.4 is 5.32 Å². The highest BCUT2D eigenvalue weighted by molar-refractivity contribution is 9.10. The molecule has 0 aliphatic rings. The van der Waals surface area contributed by atoms with E-state index < -0.39 is 6.67 Å². The number of nitrogens with one attached hydrogen (secondary N) is 2. The molecule has 0 saturated heterocycles. The minimum atomic E-state index is -0.571. The molecule has 1 aromatic rings. The predicted octanol–water partition coefficient (Wildman–Crippen LogP) is 2.23. The second-order valence-corrected chi connectivity index (χ2v) is 4.20. The highest BCUT2D eigenvalue weighted by Crippen LogP contribution is 2.13. The molecule has 0 aromatic heterocycles. The largest absolute Gasteiger partial charge is 0.353 e. The predicted molar refractivity (Wildman–Crippen MR) is 67.0 cm³/mol. The highest BCUT2D eigenvalue weighted by Gasteiger charge is 2.09. The Kier molecular flexibility index (Phi) is 5.43. The van der Waals surface area contributed by atoms with E-state index in [9.17, 15) is 4.39 Å². The summed E-state index contributed by atoms with van der Waals surface area (Å²) in [5.41, 5.74) is 0.896. The normalized spacial score (nSPS) is 9.47. The first-order valence-corrected chi connectivity index (χ1v) is 5.76. The molecular formula is C11H12BrFN4. The van der Waals surface area contributed by atoms with Gasteiger partial charge in [-0.25, -0.2) is 9.29 Å². The van der Waals surface area contributed by atoms with Gasteiger partial charge in [-0.2, -0.15) is 5.26 Å². The number of hydrogen-bond donors (Lipinski definition) is 2. The smallest absolute Gasteiger partial charge is 0.204 e. The third-order valence-electron chi connectivity index (χ3n) is 2.01. The monoisotopic (exact) mass is 298 g/mol. The summed E-state index contributed by atoms with van der Waals surface area (Å²) in [4.78, 5) is 1.16. The topological polar surface area (TPSA) is 62.9 Å². The second kappa shape index (κ2) is 6.86. The average Bonchev–Trinajstić information content (AvgIpc) is 2.33. The van der Waals surface area contributed by atoms with Gasteiger partial charge in [0.05, 0.1) is 6.54 Å². The zero-order chi connectivity index (χ0) is 12.7. The Balaban J connectivity index is 2.64. The van der Waals surface area contributed by atoms with Gasteiger partial charge >= 0.3 is 0 Å². The minimum Gasteiger partial charge on any atom is -0.353 e. The van der Waals surface area contributed by atoms with Crippen molar-refractivity contribution in [1.82, 2.24) is 10.2 Å². The number of hydrogen-bond acceptors (Lipinski definition) is 2. The van der Waals surface area contributed by atoms with E-state index >= 15 is 0 Å². The van der Waals surface area contributed by atoms with Crippen LogP contribution in [0.2, 0.25) is 0 Å². The lowest BCUT2D eigenvalue weighted by atomic mass is 10.2. The summed E-state index contributed by atoms with van der Waals surface area (Å²) in [6.45, 7) is -0.248. The van der Waals surface area contributed by atoms with E-state index in [1.54, 1.807) is 0 Å². The van der Waals surface area contributed by atoms with Crippen molar-refractivity contribution >= 4 is 21.9 Å². The molecule has 0 bridgehead atoms. The standard InChI is InChI=1S/C11H12BrFN4/c12-10-3-1-2-9(6-10)7-17(8-14)11(15)16-5-4-13/h1-3,6H,4-5,7H2,(H2,15,16). The Hall–Kier alpha value is -1.61. The fourth-order valence-electron chi connectivity index (χ4n) is 1.24. The lowest BCUT2D eigenvalue weighted by Gasteiger charge is -2.17. The van der Waals surface area contributed by atoms with Gasteiger partial charge in [-0.1, -0.05) is 28.1 Å². The molecule has 1 rings (SSSR count). The van der Waals surface area contributed by atoms with Crippen LogP contribution in [0.25, 0.3) is 0 Å². The van der Waals surface area contributed by atoms with Crippen LogP contribution in [0.1, 0.15) is 5.56 Å². The van der Waals surface area contributed by atoms with Crippen LogP contribution in [-0.2, 0) is 6.54 Å². The molecule has 0 atom stereocenters. The summed E-state index contributed by atoms with van der Waals surface area (Å²) >= 11 is 3.33. The van der Waals surface area contributed by atoms with Crippen molar-refractivity contribution < 1.29 is 4.39 Å². The zero-order valence-corrected chi connectivity index (χ0v) is 10.7. The van der Waals surface area contributed by atoms with E-state index in [0.717, 1.165) is 14.9 Å². The number of nitriles is 1. The van der Waals surface area contributed by atoms with E-state index in [0.29, 0.717) is 0 Å². The van der Waals surface area contributed by atoms with Crippen LogP contribution in [0.15, 0.2) is 28.7 Å². The first kappa shape index (κ1) is 13.5. The highest BCUT2D eigenvalue weighted by atomic mass is 79.9. The molecule has 0 fully saturated rings. The molecule has 0 aliphatic heterocycles. The van der Waals surface area contributed by atoms with Gasteiger partial charge in [0.2, 0.25) is 5.96 Å². The van der Waals surface area contributed by atoms with Crippen molar-refractivity contribution in [2.24, 2.45) is 0 Å². The summed E-state index contributed by atoms with van der Waals surface area (Å²) in [5.74, 6) is -0.0925. The molecule has 0 aliphatic carbocycles. The summed E-state index contributed by atoms with van der Waals surface area (Å²) in [7, 11) is 0. The number of rotatable bonds is 4. The molecule has 0 spiro atoms. The lowest BCUT2D eigenvalue weighted by molar-refractivity contribution is 0.473. The van der Waals surface area contributed by atoms with Crippen LogP contribution in [0.4, 0.5) is 4.39 Å². The molecule has 0 amide bonds. The molecule has 0 unspecified atom stereocenters. The number of guanidine groups is 1. The van der Waals surface area contributed by atoms with Gasteiger partial charge in [-0.15, -0.1) is 0 Å². The van der Waals surface area contributed by atoms with Gasteiger partial charge < -0.3 is 5.32 Å². The van der Waals surface area contributed by atoms with Crippen LogP contribution in [-0.4, -0.2) is 24.1 Å². The summed E-state index contributed by atoms with van der Waals surface area (Å²) in [5, 5.41) is 19.0. The maximum Gasteiger partial charge on any atom is 0.204 e. The number of halogens is 2. The van der Waals surface area contributed by atoms with Crippen molar-refractivity contribution in [3.8, 4) is 6.19 Å². The number of nitrogens with zero attached hydrogens (tertiary/aromatic N) is 2. The lowest BCUT2D eigenvalue weighted by Crippen LogP contribution is -2.38. The maximum atomic E-state index is 11.9. The molecule has 0 heterocycles. The van der Waals surface area contributed by atoms with Crippen LogP contribution in [0.5, 0.6) is 0 Å². The van der Waals surface area contributed by atoms with Gasteiger partial charge in [0.15, 0.2) is 6.19 Å². The van der Waals surface area contributed by atoms with E-state index in [1.165, 1.54) is 0 Å². The molecule has 4 nitrogen and oxygen atoms in total. The molecule has 17 heavy (non-hydrogen) atoms. The molecule has 0 saturated carbocycles. The van der Waals surface area contributed by atoms with Gasteiger partial charge in [0.25, 0.3) is 0 Å². The molecule has 90 valence electrons. The summed E-state index contributed by atoms with van der Waals surface area (Å²) < 4.78 is 12.8. The van der Waals surface area contributed by atoms with Gasteiger partial charge in [-0.3, -0.25) is 5.41 Å². The van der Waals surface area contributed by atoms with Crippen molar-refractivity contribution in [1.29, 1.82) is 10.7 Å². The van der Waals surface area contributed by atoms with Crippen LogP contribution in [0, 0.1) is 16.9 Å². The average molecular weight is 299 g/mol. The first-order chi connectivity index (χ1) is 8.17. The molecule has 6 heteroatoms.